The quantitative estimate of drug-likeness (QED) is 0.892. The minimum atomic E-state index is -0.299. The lowest BCUT2D eigenvalue weighted by Crippen LogP contribution is -2.36. The van der Waals surface area contributed by atoms with E-state index in [0.717, 1.165) is 43.1 Å². The normalized spacial score (nSPS) is 26.5. The minimum absolute atomic E-state index is 0.299. The molecule has 0 radical (unpaired) electrons. The molecule has 2 unspecified atom stereocenters. The first kappa shape index (κ1) is 15.2. The van der Waals surface area contributed by atoms with Gasteiger partial charge in [-0.2, -0.15) is 0 Å². The number of nitrogens with zero attached hydrogens (tertiary/aromatic N) is 2. The Labute approximate surface area is 122 Å². The molecule has 1 fully saturated rings. The number of ether oxygens (including phenoxy) is 1. The van der Waals surface area contributed by atoms with E-state index in [4.69, 9.17) is 9.72 Å². The molecule has 0 amide bonds. The van der Waals surface area contributed by atoms with Crippen LogP contribution in [0.5, 0.6) is 0 Å². The Morgan fingerprint density at radius 3 is 2.90 bits per heavy atom. The number of nitrogens with one attached hydrogen (secondary N) is 1. The number of methoxy groups -OCH3 is 1. The van der Waals surface area contributed by atoms with Gasteiger partial charge in [0.1, 0.15) is 11.4 Å². The Morgan fingerprint density at radius 2 is 2.25 bits per heavy atom. The molecule has 4 nitrogen and oxygen atoms in total. The van der Waals surface area contributed by atoms with Crippen LogP contribution in [0.1, 0.15) is 57.5 Å². The van der Waals surface area contributed by atoms with Crippen LogP contribution in [0.2, 0.25) is 0 Å². The van der Waals surface area contributed by atoms with Crippen LogP contribution < -0.4 is 5.32 Å². The van der Waals surface area contributed by atoms with Gasteiger partial charge in [0.25, 0.3) is 0 Å². The predicted molar refractivity (Wildman–Crippen MR) is 81.9 cm³/mol. The van der Waals surface area contributed by atoms with E-state index < -0.39 is 0 Å². The van der Waals surface area contributed by atoms with Gasteiger partial charge in [-0.1, -0.05) is 20.3 Å². The summed E-state index contributed by atoms with van der Waals surface area (Å²) >= 11 is 0. The van der Waals surface area contributed by atoms with Gasteiger partial charge in [0.15, 0.2) is 5.82 Å². The summed E-state index contributed by atoms with van der Waals surface area (Å²) in [4.78, 5) is 9.39. The van der Waals surface area contributed by atoms with E-state index in [2.05, 4.69) is 24.1 Å². The number of anilines is 1. The molecule has 0 bridgehead atoms. The van der Waals surface area contributed by atoms with Gasteiger partial charge in [0.2, 0.25) is 0 Å². The van der Waals surface area contributed by atoms with Crippen molar-refractivity contribution >= 4 is 5.82 Å². The molecule has 1 heterocycles. The van der Waals surface area contributed by atoms with Gasteiger partial charge in [-0.3, -0.25) is 0 Å². The summed E-state index contributed by atoms with van der Waals surface area (Å²) in [6, 6.07) is 2.01. The topological polar surface area (TPSA) is 47.0 Å². The van der Waals surface area contributed by atoms with Gasteiger partial charge in [0.05, 0.1) is 0 Å². The van der Waals surface area contributed by atoms with Crippen LogP contribution >= 0.6 is 0 Å². The lowest BCUT2D eigenvalue weighted by molar-refractivity contribution is -0.0646. The summed E-state index contributed by atoms with van der Waals surface area (Å²) < 4.78 is 5.90. The molecule has 1 saturated carbocycles. The lowest BCUT2D eigenvalue weighted by Gasteiger charge is -2.37. The van der Waals surface area contributed by atoms with Crippen molar-refractivity contribution in [1.29, 1.82) is 0 Å². The van der Waals surface area contributed by atoms with Crippen LogP contribution in [-0.2, 0) is 10.3 Å². The van der Waals surface area contributed by atoms with E-state index in [9.17, 15) is 0 Å². The van der Waals surface area contributed by atoms with Crippen molar-refractivity contribution in [2.75, 3.05) is 19.0 Å². The van der Waals surface area contributed by atoms with Crippen molar-refractivity contribution in [2.45, 2.75) is 58.5 Å². The molecule has 1 aromatic rings. The van der Waals surface area contributed by atoms with Crippen molar-refractivity contribution in [2.24, 2.45) is 5.92 Å². The molecule has 2 atom stereocenters. The maximum atomic E-state index is 5.90. The van der Waals surface area contributed by atoms with Gasteiger partial charge >= 0.3 is 0 Å². The highest BCUT2D eigenvalue weighted by Gasteiger charge is 2.39. The molecule has 0 spiro atoms. The third-order valence-electron chi connectivity index (χ3n) is 4.16. The summed E-state index contributed by atoms with van der Waals surface area (Å²) in [6.07, 6.45) is 5.58. The Morgan fingerprint density at radius 1 is 1.45 bits per heavy atom. The zero-order valence-electron chi connectivity index (χ0n) is 13.2. The average molecular weight is 277 g/mol. The molecule has 0 saturated heterocycles. The standard InChI is InChI=1S/C16H27N3O/c1-5-9-17-14-10-13(3)18-15(19-14)16(20-4)8-6-7-12(2)11-16/h10,12H,5-9,11H2,1-4H3,(H,17,18,19). The molecule has 1 N–H and O–H groups in total. The van der Waals surface area contributed by atoms with Gasteiger partial charge in [-0.15, -0.1) is 0 Å². The molecule has 2 rings (SSSR count). The fourth-order valence-electron chi connectivity index (χ4n) is 3.10. The summed E-state index contributed by atoms with van der Waals surface area (Å²) in [6.45, 7) is 7.41. The molecular weight excluding hydrogens is 250 g/mol. The zero-order valence-corrected chi connectivity index (χ0v) is 13.2. The lowest BCUT2D eigenvalue weighted by atomic mass is 9.78. The number of aryl methyl sites for hydroxylation is 1. The first-order valence-electron chi connectivity index (χ1n) is 7.75. The van der Waals surface area contributed by atoms with E-state index in [1.165, 1.54) is 12.8 Å². The molecular formula is C16H27N3O. The van der Waals surface area contributed by atoms with Crippen LogP contribution in [0.4, 0.5) is 5.82 Å². The van der Waals surface area contributed by atoms with Crippen LogP contribution in [0.25, 0.3) is 0 Å². The molecule has 1 aromatic heterocycles. The highest BCUT2D eigenvalue weighted by Crippen LogP contribution is 2.41. The second-order valence-corrected chi connectivity index (χ2v) is 6.04. The second kappa shape index (κ2) is 6.53. The Balaban J connectivity index is 2.31. The van der Waals surface area contributed by atoms with Gasteiger partial charge in [-0.05, 0) is 38.5 Å². The fraction of sp³-hybridized carbons (Fsp3) is 0.750. The van der Waals surface area contributed by atoms with Crippen molar-refractivity contribution in [1.82, 2.24) is 9.97 Å². The van der Waals surface area contributed by atoms with E-state index in [1.807, 2.05) is 13.0 Å². The van der Waals surface area contributed by atoms with E-state index >= 15 is 0 Å². The summed E-state index contributed by atoms with van der Waals surface area (Å²) in [5, 5.41) is 3.36. The third-order valence-corrected chi connectivity index (χ3v) is 4.16. The van der Waals surface area contributed by atoms with Crippen LogP contribution in [0.15, 0.2) is 6.07 Å². The molecule has 1 aliphatic rings. The molecule has 4 heteroatoms. The highest BCUT2D eigenvalue weighted by molar-refractivity contribution is 5.36. The van der Waals surface area contributed by atoms with Crippen LogP contribution in [0.3, 0.4) is 0 Å². The molecule has 0 aliphatic heterocycles. The Bertz CT molecular complexity index is 449. The van der Waals surface area contributed by atoms with E-state index in [-0.39, 0.29) is 5.60 Å². The SMILES string of the molecule is CCCNc1cc(C)nc(C2(OC)CCCC(C)C2)n1. The molecule has 112 valence electrons. The van der Waals surface area contributed by atoms with E-state index in [1.54, 1.807) is 7.11 Å². The minimum Gasteiger partial charge on any atom is -0.370 e. The predicted octanol–water partition coefficient (Wildman–Crippen LogP) is 3.66. The summed E-state index contributed by atoms with van der Waals surface area (Å²) in [5.74, 6) is 2.44. The third kappa shape index (κ3) is 3.29. The van der Waals surface area contributed by atoms with Gasteiger partial charge in [-0.25, -0.2) is 9.97 Å². The van der Waals surface area contributed by atoms with Gasteiger partial charge in [0, 0.05) is 25.4 Å². The van der Waals surface area contributed by atoms with Crippen molar-refractivity contribution in [3.8, 4) is 0 Å². The molecule has 0 aromatic carbocycles. The fourth-order valence-corrected chi connectivity index (χ4v) is 3.10. The smallest absolute Gasteiger partial charge is 0.162 e. The van der Waals surface area contributed by atoms with Crippen LogP contribution in [-0.4, -0.2) is 23.6 Å². The molecule has 1 aliphatic carbocycles. The first-order chi connectivity index (χ1) is 9.59. The number of aromatic nitrogens is 2. The number of hydrogen-bond donors (Lipinski definition) is 1. The average Bonchev–Trinajstić information content (AvgIpc) is 2.44. The van der Waals surface area contributed by atoms with Crippen LogP contribution in [0, 0.1) is 12.8 Å². The monoisotopic (exact) mass is 277 g/mol. The maximum absolute atomic E-state index is 5.90. The Hall–Kier alpha value is -1.16. The molecule has 20 heavy (non-hydrogen) atoms. The summed E-state index contributed by atoms with van der Waals surface area (Å²) in [7, 11) is 1.79. The van der Waals surface area contributed by atoms with Gasteiger partial charge < -0.3 is 10.1 Å². The van der Waals surface area contributed by atoms with Crippen molar-refractivity contribution in [3.63, 3.8) is 0 Å². The zero-order chi connectivity index (χ0) is 14.6. The Kier molecular flexibility index (Phi) is 4.97. The first-order valence-corrected chi connectivity index (χ1v) is 7.75. The number of rotatable bonds is 5. The van der Waals surface area contributed by atoms with Crippen molar-refractivity contribution in [3.05, 3.63) is 17.6 Å². The number of hydrogen-bond acceptors (Lipinski definition) is 4. The largest absolute Gasteiger partial charge is 0.370 e. The second-order valence-electron chi connectivity index (χ2n) is 6.04. The highest BCUT2D eigenvalue weighted by atomic mass is 16.5. The maximum Gasteiger partial charge on any atom is 0.162 e. The van der Waals surface area contributed by atoms with E-state index in [0.29, 0.717) is 5.92 Å². The summed E-state index contributed by atoms with van der Waals surface area (Å²) in [5.41, 5.74) is 0.704. The van der Waals surface area contributed by atoms with Crippen molar-refractivity contribution < 1.29 is 4.74 Å².